The van der Waals surface area contributed by atoms with E-state index in [1.165, 1.54) is 0 Å². The van der Waals surface area contributed by atoms with Crippen molar-refractivity contribution in [3.63, 3.8) is 0 Å². The second-order valence-electron chi connectivity index (χ2n) is 5.58. The van der Waals surface area contributed by atoms with Crippen LogP contribution in [0, 0.1) is 6.92 Å². The van der Waals surface area contributed by atoms with Crippen LogP contribution in [-0.4, -0.2) is 59.3 Å². The lowest BCUT2D eigenvalue weighted by Crippen LogP contribution is -2.53. The Morgan fingerprint density at radius 3 is 2.95 bits per heavy atom. The van der Waals surface area contributed by atoms with Gasteiger partial charge in [-0.2, -0.15) is 0 Å². The molecule has 0 aromatic carbocycles. The van der Waals surface area contributed by atoms with Gasteiger partial charge in [0.25, 0.3) is 0 Å². The molecule has 1 aromatic rings. The van der Waals surface area contributed by atoms with Crippen molar-refractivity contribution in [3.8, 4) is 0 Å². The van der Waals surface area contributed by atoms with Crippen molar-refractivity contribution in [1.82, 2.24) is 14.9 Å². The summed E-state index contributed by atoms with van der Waals surface area (Å²) in [5.74, 6) is 1.42. The smallest absolute Gasteiger partial charge is 0.151 e. The fraction of sp³-hybridized carbons (Fsp3) is 0.692. The number of rotatable bonds is 3. The summed E-state index contributed by atoms with van der Waals surface area (Å²) in [6.45, 7) is 3.91. The lowest BCUT2D eigenvalue weighted by molar-refractivity contribution is 0.00352. The first-order valence-electron chi connectivity index (χ1n) is 6.51. The summed E-state index contributed by atoms with van der Waals surface area (Å²) in [7, 11) is 3.94. The van der Waals surface area contributed by atoms with Crippen LogP contribution in [0.2, 0.25) is 5.02 Å². The van der Waals surface area contributed by atoms with E-state index in [0.717, 1.165) is 25.2 Å². The first kappa shape index (κ1) is 14.5. The molecule has 5 nitrogen and oxygen atoms in total. The standard InChI is InChI=1S/C13H21ClN4O/c1-10-15-7-11(14)12(16-10)18-6-4-5-13(19,9-18)8-17(2)3/h7,19H,4-6,8-9H2,1-3H3. The number of hydrogen-bond acceptors (Lipinski definition) is 5. The van der Waals surface area contributed by atoms with Crippen LogP contribution in [0.25, 0.3) is 0 Å². The van der Waals surface area contributed by atoms with Crippen molar-refractivity contribution in [2.24, 2.45) is 0 Å². The van der Waals surface area contributed by atoms with E-state index < -0.39 is 5.60 Å². The van der Waals surface area contributed by atoms with Crippen molar-refractivity contribution in [2.75, 3.05) is 38.6 Å². The Morgan fingerprint density at radius 2 is 2.26 bits per heavy atom. The fourth-order valence-electron chi connectivity index (χ4n) is 2.68. The molecule has 6 heteroatoms. The SMILES string of the molecule is Cc1ncc(Cl)c(N2CCCC(O)(CN(C)C)C2)n1. The van der Waals surface area contributed by atoms with Gasteiger partial charge in [-0.3, -0.25) is 0 Å². The predicted molar refractivity (Wildman–Crippen MR) is 76.7 cm³/mol. The normalized spacial score (nSPS) is 24.0. The van der Waals surface area contributed by atoms with Gasteiger partial charge in [0.2, 0.25) is 0 Å². The van der Waals surface area contributed by atoms with Gasteiger partial charge in [-0.1, -0.05) is 11.6 Å². The van der Waals surface area contributed by atoms with Crippen LogP contribution in [0.5, 0.6) is 0 Å². The molecule has 2 heterocycles. The second kappa shape index (κ2) is 5.61. The lowest BCUT2D eigenvalue weighted by atomic mass is 9.92. The zero-order valence-corrected chi connectivity index (χ0v) is 12.5. The van der Waals surface area contributed by atoms with Crippen LogP contribution in [-0.2, 0) is 0 Å². The third-order valence-electron chi connectivity index (χ3n) is 3.31. The fourth-order valence-corrected chi connectivity index (χ4v) is 2.89. The zero-order valence-electron chi connectivity index (χ0n) is 11.7. The maximum Gasteiger partial charge on any atom is 0.151 e. The highest BCUT2D eigenvalue weighted by Gasteiger charge is 2.34. The van der Waals surface area contributed by atoms with Crippen molar-refractivity contribution in [1.29, 1.82) is 0 Å². The number of halogens is 1. The third kappa shape index (κ3) is 3.55. The number of aliphatic hydroxyl groups is 1. The molecule has 0 bridgehead atoms. The van der Waals surface area contributed by atoms with E-state index in [0.29, 0.717) is 23.9 Å². The van der Waals surface area contributed by atoms with Gasteiger partial charge in [-0.05, 0) is 33.9 Å². The molecule has 1 aromatic heterocycles. The number of piperidine rings is 1. The Balaban J connectivity index is 2.19. The van der Waals surface area contributed by atoms with Crippen LogP contribution in [0.4, 0.5) is 5.82 Å². The Labute approximate surface area is 119 Å². The largest absolute Gasteiger partial charge is 0.387 e. The molecule has 1 aliphatic heterocycles. The van der Waals surface area contributed by atoms with Crippen LogP contribution >= 0.6 is 11.6 Å². The molecule has 1 saturated heterocycles. The van der Waals surface area contributed by atoms with E-state index in [-0.39, 0.29) is 0 Å². The van der Waals surface area contributed by atoms with Crippen LogP contribution < -0.4 is 4.90 Å². The summed E-state index contributed by atoms with van der Waals surface area (Å²) < 4.78 is 0. The molecule has 1 unspecified atom stereocenters. The van der Waals surface area contributed by atoms with E-state index in [1.807, 2.05) is 25.9 Å². The number of likely N-dealkylation sites (N-methyl/N-ethyl adjacent to an activating group) is 1. The first-order valence-corrected chi connectivity index (χ1v) is 6.89. The van der Waals surface area contributed by atoms with E-state index in [1.54, 1.807) is 6.20 Å². The monoisotopic (exact) mass is 284 g/mol. The summed E-state index contributed by atoms with van der Waals surface area (Å²) in [6.07, 6.45) is 3.37. The van der Waals surface area contributed by atoms with Gasteiger partial charge >= 0.3 is 0 Å². The molecule has 19 heavy (non-hydrogen) atoms. The molecule has 0 amide bonds. The first-order chi connectivity index (χ1) is 8.89. The van der Waals surface area contributed by atoms with Gasteiger partial charge in [0.05, 0.1) is 11.8 Å². The molecule has 1 N–H and O–H groups in total. The van der Waals surface area contributed by atoms with Gasteiger partial charge in [0, 0.05) is 19.6 Å². The van der Waals surface area contributed by atoms with E-state index in [2.05, 4.69) is 14.9 Å². The maximum absolute atomic E-state index is 10.7. The Kier molecular flexibility index (Phi) is 4.28. The lowest BCUT2D eigenvalue weighted by Gasteiger charge is -2.41. The zero-order chi connectivity index (χ0) is 14.0. The molecule has 0 radical (unpaired) electrons. The van der Waals surface area contributed by atoms with Crippen molar-refractivity contribution in [2.45, 2.75) is 25.4 Å². The van der Waals surface area contributed by atoms with Crippen LogP contribution in [0.15, 0.2) is 6.20 Å². The van der Waals surface area contributed by atoms with Crippen LogP contribution in [0.3, 0.4) is 0 Å². The summed E-state index contributed by atoms with van der Waals surface area (Å²) >= 11 is 6.17. The van der Waals surface area contributed by atoms with Crippen molar-refractivity contribution >= 4 is 17.4 Å². The summed E-state index contributed by atoms with van der Waals surface area (Å²) in [6, 6.07) is 0. The molecular formula is C13H21ClN4O. The average Bonchev–Trinajstić information content (AvgIpc) is 2.30. The minimum Gasteiger partial charge on any atom is -0.387 e. The Morgan fingerprint density at radius 1 is 1.53 bits per heavy atom. The molecule has 0 saturated carbocycles. The van der Waals surface area contributed by atoms with E-state index in [9.17, 15) is 5.11 Å². The van der Waals surface area contributed by atoms with Crippen molar-refractivity contribution < 1.29 is 5.11 Å². The molecule has 0 aliphatic carbocycles. The number of β-amino-alcohol motifs (C(OH)–C–C–N with tert-alkyl or cyclic N) is 1. The Bertz CT molecular complexity index is 454. The van der Waals surface area contributed by atoms with Crippen molar-refractivity contribution in [3.05, 3.63) is 17.0 Å². The van der Waals surface area contributed by atoms with E-state index in [4.69, 9.17) is 11.6 Å². The number of hydrogen-bond donors (Lipinski definition) is 1. The number of aryl methyl sites for hydroxylation is 1. The summed E-state index contributed by atoms with van der Waals surface area (Å²) in [5.41, 5.74) is -0.704. The quantitative estimate of drug-likeness (QED) is 0.908. The molecule has 1 fully saturated rings. The highest BCUT2D eigenvalue weighted by molar-refractivity contribution is 6.32. The van der Waals surface area contributed by atoms with Gasteiger partial charge in [-0.25, -0.2) is 9.97 Å². The van der Waals surface area contributed by atoms with Crippen LogP contribution in [0.1, 0.15) is 18.7 Å². The molecule has 1 atom stereocenters. The molecule has 0 spiro atoms. The second-order valence-corrected chi connectivity index (χ2v) is 5.98. The highest BCUT2D eigenvalue weighted by Crippen LogP contribution is 2.29. The number of aromatic nitrogens is 2. The van der Waals surface area contributed by atoms with E-state index >= 15 is 0 Å². The predicted octanol–water partition coefficient (Wildman–Crippen LogP) is 1.33. The highest BCUT2D eigenvalue weighted by atomic mass is 35.5. The summed E-state index contributed by atoms with van der Waals surface area (Å²) in [5, 5.41) is 11.2. The van der Waals surface area contributed by atoms with Gasteiger partial charge in [-0.15, -0.1) is 0 Å². The van der Waals surface area contributed by atoms with Gasteiger partial charge in [0.15, 0.2) is 5.82 Å². The third-order valence-corrected chi connectivity index (χ3v) is 3.58. The maximum atomic E-state index is 10.7. The number of anilines is 1. The molecule has 2 rings (SSSR count). The molecule has 1 aliphatic rings. The molecule has 106 valence electrons. The number of nitrogens with zero attached hydrogens (tertiary/aromatic N) is 4. The van der Waals surface area contributed by atoms with Gasteiger partial charge < -0.3 is 14.9 Å². The van der Waals surface area contributed by atoms with Gasteiger partial charge in [0.1, 0.15) is 10.8 Å². The molecular weight excluding hydrogens is 264 g/mol. The minimum absolute atomic E-state index is 0.541. The minimum atomic E-state index is -0.704. The summed E-state index contributed by atoms with van der Waals surface area (Å²) in [4.78, 5) is 12.5. The average molecular weight is 285 g/mol. The Hall–Kier alpha value is -0.910. The topological polar surface area (TPSA) is 52.5 Å².